The van der Waals surface area contributed by atoms with E-state index in [4.69, 9.17) is 17.0 Å². The smallest absolute Gasteiger partial charge is 0.171 e. The quantitative estimate of drug-likeness (QED) is 0.741. The molecule has 1 aromatic rings. The number of thiocarbonyl (C=S) groups is 1. The summed E-state index contributed by atoms with van der Waals surface area (Å²) in [6.45, 7) is 5.63. The van der Waals surface area contributed by atoms with Crippen LogP contribution < -0.4 is 15.4 Å². The van der Waals surface area contributed by atoms with Crippen LogP contribution in [-0.4, -0.2) is 22.6 Å². The summed E-state index contributed by atoms with van der Waals surface area (Å²) >= 11 is 5.16. The number of phenolic OH excluding ortho intramolecular Hbond substituents is 1. The van der Waals surface area contributed by atoms with Gasteiger partial charge in [-0.25, -0.2) is 0 Å². The summed E-state index contributed by atoms with van der Waals surface area (Å²) in [6, 6.07) is 4.68. The zero-order valence-electron chi connectivity index (χ0n) is 12.2. The van der Waals surface area contributed by atoms with Crippen LogP contribution in [0.2, 0.25) is 0 Å². The topological polar surface area (TPSA) is 70.6 Å². The van der Waals surface area contributed by atoms with Crippen LogP contribution in [0.15, 0.2) is 29.5 Å². The number of Topliss-reactive ketones (excluding diaryl/α,β-unsaturated/α-hetero) is 1. The fraction of sp³-hybridized carbons (Fsp3) is 0.333. The lowest BCUT2D eigenvalue weighted by atomic mass is 9.93. The minimum absolute atomic E-state index is 0.0361. The second-order valence-corrected chi connectivity index (χ2v) is 5.19. The normalized spacial score (nSPS) is 18.0. The van der Waals surface area contributed by atoms with Gasteiger partial charge in [-0.2, -0.15) is 0 Å². The van der Waals surface area contributed by atoms with Gasteiger partial charge in [-0.3, -0.25) is 4.79 Å². The van der Waals surface area contributed by atoms with E-state index in [0.29, 0.717) is 23.0 Å². The highest BCUT2D eigenvalue weighted by Crippen LogP contribution is 2.33. The van der Waals surface area contributed by atoms with E-state index >= 15 is 0 Å². The SMILES string of the molecule is CCOc1cc(C2NC(=S)NC(C)=C2C(C)=O)ccc1O. The minimum atomic E-state index is -0.351. The first-order valence-corrected chi connectivity index (χ1v) is 7.09. The Morgan fingerprint density at radius 2 is 2.19 bits per heavy atom. The molecule has 6 heteroatoms. The average molecular weight is 306 g/mol. The van der Waals surface area contributed by atoms with E-state index in [1.165, 1.54) is 6.92 Å². The fourth-order valence-corrected chi connectivity index (χ4v) is 2.66. The maximum Gasteiger partial charge on any atom is 0.171 e. The van der Waals surface area contributed by atoms with Crippen molar-refractivity contribution in [2.75, 3.05) is 6.61 Å². The summed E-state index contributed by atoms with van der Waals surface area (Å²) in [5, 5.41) is 16.3. The molecule has 1 aliphatic rings. The number of rotatable bonds is 4. The molecule has 1 heterocycles. The van der Waals surface area contributed by atoms with E-state index < -0.39 is 0 Å². The van der Waals surface area contributed by atoms with Gasteiger partial charge in [-0.1, -0.05) is 6.07 Å². The maximum atomic E-state index is 11.9. The Morgan fingerprint density at radius 3 is 2.81 bits per heavy atom. The number of ketones is 1. The number of carbonyl (C=O) groups excluding carboxylic acids is 1. The number of aromatic hydroxyl groups is 1. The molecule has 0 spiro atoms. The monoisotopic (exact) mass is 306 g/mol. The fourth-order valence-electron chi connectivity index (χ4n) is 2.39. The standard InChI is InChI=1S/C15H18N2O3S/c1-4-20-12-7-10(5-6-11(12)19)14-13(9(3)18)8(2)16-15(21)17-14/h5-7,14,19H,4H2,1-3H3,(H2,16,17,21). The predicted octanol–water partition coefficient (Wildman–Crippen LogP) is 2.17. The lowest BCUT2D eigenvalue weighted by Gasteiger charge is -2.30. The van der Waals surface area contributed by atoms with E-state index in [0.717, 1.165) is 11.3 Å². The Hall–Kier alpha value is -2.08. The highest BCUT2D eigenvalue weighted by atomic mass is 32.1. The first-order valence-electron chi connectivity index (χ1n) is 6.69. The number of hydrogen-bond acceptors (Lipinski definition) is 4. The number of benzene rings is 1. The largest absolute Gasteiger partial charge is 0.504 e. The number of ether oxygens (including phenoxy) is 1. The number of carbonyl (C=O) groups is 1. The zero-order valence-corrected chi connectivity index (χ0v) is 13.0. The summed E-state index contributed by atoms with van der Waals surface area (Å²) in [5.41, 5.74) is 2.17. The molecule has 2 rings (SSSR count). The number of nitrogens with one attached hydrogen (secondary N) is 2. The van der Waals surface area contributed by atoms with Gasteiger partial charge in [-0.05, 0) is 50.7 Å². The van der Waals surface area contributed by atoms with E-state index in [2.05, 4.69) is 10.6 Å². The molecule has 21 heavy (non-hydrogen) atoms. The van der Waals surface area contributed by atoms with Crippen molar-refractivity contribution in [1.82, 2.24) is 10.6 Å². The average Bonchev–Trinajstić information content (AvgIpc) is 2.40. The second-order valence-electron chi connectivity index (χ2n) is 4.79. The molecule has 1 unspecified atom stereocenters. The lowest BCUT2D eigenvalue weighted by Crippen LogP contribution is -2.44. The summed E-state index contributed by atoms with van der Waals surface area (Å²) in [5.74, 6) is 0.426. The second kappa shape index (κ2) is 6.13. The molecule has 0 saturated carbocycles. The van der Waals surface area contributed by atoms with Crippen molar-refractivity contribution in [1.29, 1.82) is 0 Å². The first-order chi connectivity index (χ1) is 9.93. The van der Waals surface area contributed by atoms with Gasteiger partial charge in [0.15, 0.2) is 22.4 Å². The predicted molar refractivity (Wildman–Crippen MR) is 84.3 cm³/mol. The van der Waals surface area contributed by atoms with Crippen molar-refractivity contribution < 1.29 is 14.6 Å². The van der Waals surface area contributed by atoms with Crippen molar-refractivity contribution in [2.24, 2.45) is 0 Å². The third-order valence-corrected chi connectivity index (χ3v) is 3.49. The van der Waals surface area contributed by atoms with Gasteiger partial charge in [0.05, 0.1) is 12.6 Å². The Labute approximate surface area is 129 Å². The molecule has 0 aliphatic carbocycles. The van der Waals surface area contributed by atoms with Crippen LogP contribution in [0.5, 0.6) is 11.5 Å². The molecule has 112 valence electrons. The van der Waals surface area contributed by atoms with Crippen LogP contribution in [0.25, 0.3) is 0 Å². The van der Waals surface area contributed by atoms with Crippen LogP contribution in [0.3, 0.4) is 0 Å². The van der Waals surface area contributed by atoms with E-state index in [9.17, 15) is 9.90 Å². The number of phenols is 1. The van der Waals surface area contributed by atoms with Gasteiger partial charge in [0.25, 0.3) is 0 Å². The molecular formula is C15H18N2O3S. The molecule has 0 fully saturated rings. The maximum absolute atomic E-state index is 11.9. The van der Waals surface area contributed by atoms with Gasteiger partial charge >= 0.3 is 0 Å². The zero-order chi connectivity index (χ0) is 15.6. The van der Waals surface area contributed by atoms with Crippen LogP contribution in [0.4, 0.5) is 0 Å². The Kier molecular flexibility index (Phi) is 4.47. The van der Waals surface area contributed by atoms with Crippen molar-refractivity contribution in [2.45, 2.75) is 26.8 Å². The molecule has 0 bridgehead atoms. The van der Waals surface area contributed by atoms with Crippen molar-refractivity contribution in [3.05, 3.63) is 35.0 Å². The Morgan fingerprint density at radius 1 is 1.48 bits per heavy atom. The molecule has 0 amide bonds. The highest BCUT2D eigenvalue weighted by molar-refractivity contribution is 7.80. The molecule has 0 saturated heterocycles. The van der Waals surface area contributed by atoms with Gasteiger partial charge in [0.2, 0.25) is 0 Å². The molecule has 3 N–H and O–H groups in total. The van der Waals surface area contributed by atoms with Crippen molar-refractivity contribution >= 4 is 23.1 Å². The summed E-state index contributed by atoms with van der Waals surface area (Å²) in [4.78, 5) is 11.9. The molecule has 1 atom stereocenters. The Balaban J connectivity index is 2.48. The molecule has 1 aromatic carbocycles. The first kappa shape index (κ1) is 15.3. The third kappa shape index (κ3) is 3.16. The summed E-state index contributed by atoms with van der Waals surface area (Å²) < 4.78 is 5.39. The van der Waals surface area contributed by atoms with Gasteiger partial charge in [0, 0.05) is 11.3 Å². The summed E-state index contributed by atoms with van der Waals surface area (Å²) in [6.07, 6.45) is 0. The highest BCUT2D eigenvalue weighted by Gasteiger charge is 2.28. The van der Waals surface area contributed by atoms with Gasteiger partial charge in [0.1, 0.15) is 0 Å². The van der Waals surface area contributed by atoms with Gasteiger partial charge in [-0.15, -0.1) is 0 Å². The van der Waals surface area contributed by atoms with E-state index in [-0.39, 0.29) is 17.6 Å². The molecule has 5 nitrogen and oxygen atoms in total. The van der Waals surface area contributed by atoms with Crippen molar-refractivity contribution in [3.8, 4) is 11.5 Å². The van der Waals surface area contributed by atoms with Crippen LogP contribution >= 0.6 is 12.2 Å². The van der Waals surface area contributed by atoms with Gasteiger partial charge < -0.3 is 20.5 Å². The van der Waals surface area contributed by atoms with Crippen LogP contribution in [0.1, 0.15) is 32.4 Å². The minimum Gasteiger partial charge on any atom is -0.504 e. The van der Waals surface area contributed by atoms with E-state index in [1.807, 2.05) is 13.8 Å². The third-order valence-electron chi connectivity index (χ3n) is 3.27. The van der Waals surface area contributed by atoms with Crippen LogP contribution in [-0.2, 0) is 4.79 Å². The number of allylic oxidation sites excluding steroid dienone is 1. The molecule has 0 aromatic heterocycles. The summed E-state index contributed by atoms with van der Waals surface area (Å²) in [7, 11) is 0. The Bertz CT molecular complexity index is 625. The molecule has 1 aliphatic heterocycles. The van der Waals surface area contributed by atoms with E-state index in [1.54, 1.807) is 18.2 Å². The molecule has 0 radical (unpaired) electrons. The molecular weight excluding hydrogens is 288 g/mol. The lowest BCUT2D eigenvalue weighted by molar-refractivity contribution is -0.114. The number of hydrogen-bond donors (Lipinski definition) is 3. The van der Waals surface area contributed by atoms with Crippen LogP contribution in [0, 0.1) is 0 Å². The van der Waals surface area contributed by atoms with Crippen molar-refractivity contribution in [3.63, 3.8) is 0 Å².